The predicted octanol–water partition coefficient (Wildman–Crippen LogP) is 4.99. The van der Waals surface area contributed by atoms with Gasteiger partial charge in [-0.25, -0.2) is 0 Å². The molecular weight excluding hydrogens is 407 g/mol. The summed E-state index contributed by atoms with van der Waals surface area (Å²) in [6.45, 7) is 0. The molecule has 0 atom stereocenters. The summed E-state index contributed by atoms with van der Waals surface area (Å²) in [4.78, 5) is 18.3. The van der Waals surface area contributed by atoms with E-state index in [9.17, 15) is 49.1 Å². The highest BCUT2D eigenvalue weighted by Crippen LogP contribution is 2.50. The highest BCUT2D eigenvalue weighted by atomic mass is 32.2. The van der Waals surface area contributed by atoms with Crippen molar-refractivity contribution in [2.75, 3.05) is 0 Å². The number of halogens is 9. The van der Waals surface area contributed by atoms with E-state index in [2.05, 4.69) is 0 Å². The lowest BCUT2D eigenvalue weighted by Crippen LogP contribution is -2.21. The van der Waals surface area contributed by atoms with Gasteiger partial charge in [-0.05, 0) is 35.3 Å². The van der Waals surface area contributed by atoms with E-state index >= 15 is 0 Å². The normalized spacial score (nSPS) is 17.7. The van der Waals surface area contributed by atoms with E-state index in [1.54, 1.807) is 0 Å². The molecule has 0 aromatic heterocycles. The number of hydrogen-bond acceptors (Lipinski definition) is 5. The van der Waals surface area contributed by atoms with Crippen LogP contribution in [-0.2, 0) is 9.59 Å². The Morgan fingerprint density at radius 2 is 1.04 bits per heavy atom. The number of allylic oxidation sites excluding steroid dienone is 4. The molecule has 1 aliphatic rings. The second kappa shape index (κ2) is 6.63. The summed E-state index contributed by atoms with van der Waals surface area (Å²) in [5.41, 5.74) is -15.6. The molecule has 0 bridgehead atoms. The van der Waals surface area contributed by atoms with Crippen LogP contribution in [0.3, 0.4) is 0 Å². The van der Waals surface area contributed by atoms with E-state index in [-0.39, 0.29) is 6.08 Å². The van der Waals surface area contributed by atoms with Gasteiger partial charge in [0, 0.05) is 6.08 Å². The van der Waals surface area contributed by atoms with Crippen LogP contribution in [0.2, 0.25) is 0 Å². The molecular formula is C9HF9O2S3. The fourth-order valence-corrected chi connectivity index (χ4v) is 3.33. The Kier molecular flexibility index (Phi) is 5.84. The molecule has 0 amide bonds. The second-order valence-electron chi connectivity index (χ2n) is 3.50. The summed E-state index contributed by atoms with van der Waals surface area (Å²) in [7, 11) is 0. The third-order valence-corrected chi connectivity index (χ3v) is 4.33. The minimum atomic E-state index is -5.27. The first kappa shape index (κ1) is 20.3. The summed E-state index contributed by atoms with van der Waals surface area (Å²) in [6, 6.07) is 0. The summed E-state index contributed by atoms with van der Waals surface area (Å²) in [5, 5.41) is 0. The zero-order valence-corrected chi connectivity index (χ0v) is 12.5. The average Bonchev–Trinajstić information content (AvgIpc) is 2.25. The monoisotopic (exact) mass is 408 g/mol. The molecule has 1 aliphatic carbocycles. The van der Waals surface area contributed by atoms with Crippen molar-refractivity contribution >= 4 is 46.9 Å². The molecule has 0 spiro atoms. The van der Waals surface area contributed by atoms with E-state index in [1.807, 2.05) is 0 Å². The van der Waals surface area contributed by atoms with Crippen LogP contribution in [0.4, 0.5) is 39.5 Å². The Labute approximate surface area is 133 Å². The Bertz CT molecular complexity index is 583. The van der Waals surface area contributed by atoms with Crippen LogP contribution < -0.4 is 0 Å². The van der Waals surface area contributed by atoms with Crippen molar-refractivity contribution in [1.82, 2.24) is 0 Å². The first-order valence-corrected chi connectivity index (χ1v) is 7.36. The van der Waals surface area contributed by atoms with Crippen molar-refractivity contribution in [1.29, 1.82) is 0 Å². The lowest BCUT2D eigenvalue weighted by atomic mass is 10.1. The zero-order valence-electron chi connectivity index (χ0n) is 10.0. The maximum absolute atomic E-state index is 12.3. The van der Waals surface area contributed by atoms with Crippen LogP contribution in [0.15, 0.2) is 20.8 Å². The van der Waals surface area contributed by atoms with Crippen molar-refractivity contribution in [3.8, 4) is 0 Å². The summed E-state index contributed by atoms with van der Waals surface area (Å²) in [5.74, 6) is -3.70. The Hall–Kier alpha value is -0.760. The molecule has 0 aromatic rings. The molecule has 0 unspecified atom stereocenters. The number of Topliss-reactive ketones (excluding diaryl/α,β-unsaturated/α-hetero) is 1. The molecule has 0 N–H and O–H groups in total. The fourth-order valence-electron chi connectivity index (χ4n) is 1.20. The number of carbonyl (C=O) groups is 2. The maximum Gasteiger partial charge on any atom is 0.446 e. The fraction of sp³-hybridized carbons (Fsp3) is 0.333. The van der Waals surface area contributed by atoms with E-state index in [0.29, 0.717) is 0 Å². The zero-order chi connectivity index (χ0) is 18.2. The standard InChI is InChI=1S/C9HF9O2S3/c10-7(11,12)21-3-1-2(19)5(22-8(13,14)15)6(4(3)20)23-9(16,17)18/h1H. The van der Waals surface area contributed by atoms with Crippen molar-refractivity contribution < 1.29 is 49.1 Å². The minimum absolute atomic E-state index is 0.0605. The number of ketones is 2. The molecule has 2 nitrogen and oxygen atoms in total. The molecule has 0 fully saturated rings. The highest BCUT2D eigenvalue weighted by Gasteiger charge is 2.45. The largest absolute Gasteiger partial charge is 0.446 e. The van der Waals surface area contributed by atoms with Gasteiger partial charge in [0.05, 0.1) is 14.7 Å². The molecule has 0 aromatic carbocycles. The lowest BCUT2D eigenvalue weighted by Gasteiger charge is -2.19. The maximum atomic E-state index is 12.3. The van der Waals surface area contributed by atoms with Crippen LogP contribution in [0.1, 0.15) is 0 Å². The number of carbonyl (C=O) groups excluding carboxylic acids is 2. The van der Waals surface area contributed by atoms with Crippen molar-refractivity contribution in [3.63, 3.8) is 0 Å². The molecule has 1 rings (SSSR count). The van der Waals surface area contributed by atoms with Gasteiger partial charge in [-0.1, -0.05) is 0 Å². The van der Waals surface area contributed by atoms with Crippen LogP contribution in [0.5, 0.6) is 0 Å². The first-order chi connectivity index (χ1) is 10.1. The Morgan fingerprint density at radius 3 is 1.43 bits per heavy atom. The van der Waals surface area contributed by atoms with Gasteiger partial charge in [0.1, 0.15) is 0 Å². The van der Waals surface area contributed by atoms with Crippen LogP contribution in [0, 0.1) is 0 Å². The molecule has 0 saturated carbocycles. The number of rotatable bonds is 3. The molecule has 0 radical (unpaired) electrons. The molecule has 0 aliphatic heterocycles. The van der Waals surface area contributed by atoms with Gasteiger partial charge < -0.3 is 0 Å². The molecule has 23 heavy (non-hydrogen) atoms. The van der Waals surface area contributed by atoms with Crippen LogP contribution in [0.25, 0.3) is 0 Å². The summed E-state index contributed by atoms with van der Waals surface area (Å²) < 4.78 is 110. The first-order valence-electron chi connectivity index (χ1n) is 4.91. The topological polar surface area (TPSA) is 34.1 Å². The number of thioether (sulfide) groups is 3. The van der Waals surface area contributed by atoms with E-state index in [4.69, 9.17) is 0 Å². The van der Waals surface area contributed by atoms with Crippen molar-refractivity contribution in [3.05, 3.63) is 20.8 Å². The SMILES string of the molecule is O=C1C=C(SC(F)(F)F)C(=O)C(SC(F)(F)F)=C1SC(F)(F)F. The Balaban J connectivity index is 3.31. The smallest absolute Gasteiger partial charge is 0.289 e. The average molecular weight is 408 g/mol. The third kappa shape index (κ3) is 6.71. The van der Waals surface area contributed by atoms with Gasteiger partial charge in [0.15, 0.2) is 5.78 Å². The minimum Gasteiger partial charge on any atom is -0.289 e. The molecule has 0 heterocycles. The van der Waals surface area contributed by atoms with Crippen LogP contribution >= 0.6 is 35.3 Å². The van der Waals surface area contributed by atoms with Crippen molar-refractivity contribution in [2.45, 2.75) is 16.5 Å². The van der Waals surface area contributed by atoms with Crippen molar-refractivity contribution in [2.24, 2.45) is 0 Å². The molecule has 0 saturated heterocycles. The lowest BCUT2D eigenvalue weighted by molar-refractivity contribution is -0.114. The summed E-state index contributed by atoms with van der Waals surface area (Å²) in [6.07, 6.45) is -0.0605. The highest BCUT2D eigenvalue weighted by molar-refractivity contribution is 8.09. The van der Waals surface area contributed by atoms with E-state index in [0.717, 1.165) is 0 Å². The van der Waals surface area contributed by atoms with Gasteiger partial charge in [0.25, 0.3) is 0 Å². The third-order valence-electron chi connectivity index (χ3n) is 1.78. The van der Waals surface area contributed by atoms with Gasteiger partial charge in [-0.15, -0.1) is 0 Å². The second-order valence-corrected chi connectivity index (χ2v) is 6.76. The van der Waals surface area contributed by atoms with Gasteiger partial charge in [0.2, 0.25) is 5.78 Å². The van der Waals surface area contributed by atoms with Gasteiger partial charge >= 0.3 is 16.5 Å². The predicted molar refractivity (Wildman–Crippen MR) is 66.1 cm³/mol. The van der Waals surface area contributed by atoms with E-state index < -0.39 is 78.1 Å². The molecule has 14 heteroatoms. The van der Waals surface area contributed by atoms with Gasteiger partial charge in [-0.2, -0.15) is 39.5 Å². The molecule has 130 valence electrons. The van der Waals surface area contributed by atoms with Gasteiger partial charge in [-0.3, -0.25) is 9.59 Å². The quantitative estimate of drug-likeness (QED) is 0.486. The Morgan fingerprint density at radius 1 is 0.652 bits per heavy atom. The number of hydrogen-bond donors (Lipinski definition) is 0. The number of alkyl halides is 9. The summed E-state index contributed by atoms with van der Waals surface area (Å²) >= 11 is -3.83. The van der Waals surface area contributed by atoms with Crippen LogP contribution in [-0.4, -0.2) is 28.1 Å². The van der Waals surface area contributed by atoms with E-state index in [1.165, 1.54) is 0 Å².